The fourth-order valence-corrected chi connectivity index (χ4v) is 1.92. The average molecular weight is 226 g/mol. The van der Waals surface area contributed by atoms with Crippen LogP contribution in [0.15, 0.2) is 12.2 Å². The number of rotatable bonds is 9. The van der Waals surface area contributed by atoms with Gasteiger partial charge in [-0.1, -0.05) is 19.1 Å². The molecule has 0 aromatic carbocycles. The molecule has 1 aliphatic rings. The summed E-state index contributed by atoms with van der Waals surface area (Å²) in [5.41, 5.74) is 1.22. The fourth-order valence-electron chi connectivity index (χ4n) is 1.92. The molecule has 1 rings (SSSR count). The molecule has 0 spiro atoms. The number of likely N-dealkylation sites (N-methyl/N-ethyl adjacent to an activating group) is 1. The minimum Gasteiger partial charge on any atom is -0.383 e. The summed E-state index contributed by atoms with van der Waals surface area (Å²) in [6.07, 6.45) is 2.68. The molecule has 1 aliphatic carbocycles. The van der Waals surface area contributed by atoms with Crippen LogP contribution in [-0.4, -0.2) is 50.3 Å². The SMILES string of the molecule is C=C(C)CN(CC)C(CNC1CC1)COC. The molecule has 0 heterocycles. The number of nitrogens with zero attached hydrogens (tertiary/aromatic N) is 1. The molecule has 3 heteroatoms. The Balaban J connectivity index is 2.38. The van der Waals surface area contributed by atoms with Gasteiger partial charge in [0.1, 0.15) is 0 Å². The van der Waals surface area contributed by atoms with Gasteiger partial charge in [0.25, 0.3) is 0 Å². The summed E-state index contributed by atoms with van der Waals surface area (Å²) in [7, 11) is 1.78. The normalized spacial score (nSPS) is 17.8. The Morgan fingerprint density at radius 3 is 2.69 bits per heavy atom. The molecule has 3 nitrogen and oxygen atoms in total. The monoisotopic (exact) mass is 226 g/mol. The summed E-state index contributed by atoms with van der Waals surface area (Å²) in [5.74, 6) is 0. The van der Waals surface area contributed by atoms with Crippen molar-refractivity contribution in [2.45, 2.75) is 38.8 Å². The Bertz CT molecular complexity index is 214. The lowest BCUT2D eigenvalue weighted by Gasteiger charge is -2.30. The van der Waals surface area contributed by atoms with Gasteiger partial charge in [0.15, 0.2) is 0 Å². The van der Waals surface area contributed by atoms with Crippen molar-refractivity contribution < 1.29 is 4.74 Å². The Hall–Kier alpha value is -0.380. The maximum absolute atomic E-state index is 5.31. The predicted octanol–water partition coefficient (Wildman–Crippen LogP) is 1.65. The summed E-state index contributed by atoms with van der Waals surface area (Å²) in [6, 6.07) is 1.23. The molecule has 0 aromatic heterocycles. The Morgan fingerprint density at radius 1 is 1.56 bits per heavy atom. The molecule has 0 radical (unpaired) electrons. The minimum atomic E-state index is 0.465. The fraction of sp³-hybridized carbons (Fsp3) is 0.846. The summed E-state index contributed by atoms with van der Waals surface area (Å²) < 4.78 is 5.31. The first kappa shape index (κ1) is 13.7. The number of hydrogen-bond donors (Lipinski definition) is 1. The van der Waals surface area contributed by atoms with Gasteiger partial charge in [0.2, 0.25) is 0 Å². The standard InChI is InChI=1S/C13H26N2O/c1-5-15(9-11(2)3)13(10-16-4)8-14-12-6-7-12/h12-14H,2,5-10H2,1,3-4H3. The van der Waals surface area contributed by atoms with E-state index in [0.717, 1.165) is 32.3 Å². The molecule has 0 bridgehead atoms. The molecular formula is C13H26N2O. The Labute approximate surface area is 99.8 Å². The van der Waals surface area contributed by atoms with Crippen LogP contribution < -0.4 is 5.32 Å². The number of nitrogens with one attached hydrogen (secondary N) is 1. The zero-order chi connectivity index (χ0) is 12.0. The molecule has 94 valence electrons. The van der Waals surface area contributed by atoms with Gasteiger partial charge >= 0.3 is 0 Å². The van der Waals surface area contributed by atoms with Gasteiger partial charge in [0.05, 0.1) is 6.61 Å². The zero-order valence-electron chi connectivity index (χ0n) is 11.0. The maximum Gasteiger partial charge on any atom is 0.0630 e. The van der Waals surface area contributed by atoms with E-state index in [-0.39, 0.29) is 0 Å². The number of hydrogen-bond acceptors (Lipinski definition) is 3. The smallest absolute Gasteiger partial charge is 0.0630 e. The van der Waals surface area contributed by atoms with E-state index in [1.54, 1.807) is 7.11 Å². The second-order valence-corrected chi connectivity index (χ2v) is 4.81. The van der Waals surface area contributed by atoms with Crippen LogP contribution in [0.2, 0.25) is 0 Å². The molecule has 0 aromatic rings. The van der Waals surface area contributed by atoms with Crippen LogP contribution >= 0.6 is 0 Å². The van der Waals surface area contributed by atoms with E-state index in [9.17, 15) is 0 Å². The highest BCUT2D eigenvalue weighted by atomic mass is 16.5. The van der Waals surface area contributed by atoms with Gasteiger partial charge in [-0.05, 0) is 26.3 Å². The van der Waals surface area contributed by atoms with Crippen LogP contribution in [0.1, 0.15) is 26.7 Å². The molecule has 16 heavy (non-hydrogen) atoms. The first-order chi connectivity index (χ1) is 7.67. The second-order valence-electron chi connectivity index (χ2n) is 4.81. The number of ether oxygens (including phenoxy) is 1. The lowest BCUT2D eigenvalue weighted by Crippen LogP contribution is -2.46. The summed E-state index contributed by atoms with van der Waals surface area (Å²) in [6.45, 7) is 12.1. The van der Waals surface area contributed by atoms with E-state index in [4.69, 9.17) is 4.74 Å². The van der Waals surface area contributed by atoms with Crippen molar-refractivity contribution in [2.75, 3.05) is 33.4 Å². The van der Waals surface area contributed by atoms with Gasteiger partial charge in [-0.3, -0.25) is 4.90 Å². The molecule has 1 N–H and O–H groups in total. The van der Waals surface area contributed by atoms with Crippen LogP contribution in [0.5, 0.6) is 0 Å². The summed E-state index contributed by atoms with van der Waals surface area (Å²) >= 11 is 0. The molecule has 1 saturated carbocycles. The zero-order valence-corrected chi connectivity index (χ0v) is 11.0. The molecular weight excluding hydrogens is 200 g/mol. The molecule has 1 unspecified atom stereocenters. The lowest BCUT2D eigenvalue weighted by atomic mass is 10.2. The van der Waals surface area contributed by atoms with E-state index in [1.165, 1.54) is 18.4 Å². The molecule has 0 aliphatic heterocycles. The highest BCUT2D eigenvalue weighted by Crippen LogP contribution is 2.18. The Kier molecular flexibility index (Phi) is 6.03. The highest BCUT2D eigenvalue weighted by molar-refractivity contribution is 4.94. The van der Waals surface area contributed by atoms with Crippen molar-refractivity contribution >= 4 is 0 Å². The van der Waals surface area contributed by atoms with Crippen molar-refractivity contribution in [3.8, 4) is 0 Å². The van der Waals surface area contributed by atoms with Crippen LogP contribution in [0.3, 0.4) is 0 Å². The first-order valence-electron chi connectivity index (χ1n) is 6.28. The van der Waals surface area contributed by atoms with E-state index >= 15 is 0 Å². The van der Waals surface area contributed by atoms with Crippen molar-refractivity contribution in [2.24, 2.45) is 0 Å². The van der Waals surface area contributed by atoms with Crippen LogP contribution in [0.25, 0.3) is 0 Å². The molecule has 1 fully saturated rings. The predicted molar refractivity (Wildman–Crippen MR) is 68.7 cm³/mol. The van der Waals surface area contributed by atoms with Gasteiger partial charge in [-0.15, -0.1) is 0 Å². The van der Waals surface area contributed by atoms with E-state index in [1.807, 2.05) is 0 Å². The van der Waals surface area contributed by atoms with Gasteiger partial charge in [-0.25, -0.2) is 0 Å². The Morgan fingerprint density at radius 2 is 2.25 bits per heavy atom. The highest BCUT2D eigenvalue weighted by Gasteiger charge is 2.24. The van der Waals surface area contributed by atoms with Crippen LogP contribution in [0.4, 0.5) is 0 Å². The van der Waals surface area contributed by atoms with E-state index in [0.29, 0.717) is 6.04 Å². The largest absolute Gasteiger partial charge is 0.383 e. The lowest BCUT2D eigenvalue weighted by molar-refractivity contribution is 0.0980. The first-order valence-corrected chi connectivity index (χ1v) is 6.28. The second kappa shape index (κ2) is 7.05. The van der Waals surface area contributed by atoms with Gasteiger partial charge < -0.3 is 10.1 Å². The average Bonchev–Trinajstić information content (AvgIpc) is 3.04. The van der Waals surface area contributed by atoms with Crippen molar-refractivity contribution in [1.29, 1.82) is 0 Å². The summed E-state index contributed by atoms with van der Waals surface area (Å²) in [5, 5.41) is 3.58. The third-order valence-electron chi connectivity index (χ3n) is 2.97. The third kappa shape index (κ3) is 5.10. The molecule has 1 atom stereocenters. The van der Waals surface area contributed by atoms with Crippen molar-refractivity contribution in [3.63, 3.8) is 0 Å². The maximum atomic E-state index is 5.31. The minimum absolute atomic E-state index is 0.465. The number of methoxy groups -OCH3 is 1. The molecule has 0 saturated heterocycles. The van der Waals surface area contributed by atoms with Crippen LogP contribution in [0, 0.1) is 0 Å². The summed E-state index contributed by atoms with van der Waals surface area (Å²) in [4.78, 5) is 2.43. The topological polar surface area (TPSA) is 24.5 Å². The van der Waals surface area contributed by atoms with E-state index in [2.05, 4.69) is 30.6 Å². The van der Waals surface area contributed by atoms with E-state index < -0.39 is 0 Å². The quantitative estimate of drug-likeness (QED) is 0.605. The molecule has 0 amide bonds. The van der Waals surface area contributed by atoms with Crippen molar-refractivity contribution in [3.05, 3.63) is 12.2 Å². The van der Waals surface area contributed by atoms with Crippen molar-refractivity contribution in [1.82, 2.24) is 10.2 Å². The van der Waals surface area contributed by atoms with Gasteiger partial charge in [-0.2, -0.15) is 0 Å². The van der Waals surface area contributed by atoms with Gasteiger partial charge in [0, 0.05) is 32.3 Å². The third-order valence-corrected chi connectivity index (χ3v) is 2.97. The van der Waals surface area contributed by atoms with Crippen LogP contribution in [-0.2, 0) is 4.74 Å².